The van der Waals surface area contributed by atoms with Crippen molar-refractivity contribution < 1.29 is 0 Å². The number of nitrogens with zero attached hydrogens (tertiary/aromatic N) is 3. The van der Waals surface area contributed by atoms with E-state index in [0.29, 0.717) is 5.82 Å². The third-order valence-corrected chi connectivity index (χ3v) is 2.47. The van der Waals surface area contributed by atoms with E-state index in [1.54, 1.807) is 6.20 Å². The minimum atomic E-state index is 0.620. The second-order valence-corrected chi connectivity index (χ2v) is 3.49. The van der Waals surface area contributed by atoms with Gasteiger partial charge in [0.15, 0.2) is 0 Å². The van der Waals surface area contributed by atoms with Crippen LogP contribution in [0.4, 0.5) is 5.82 Å². The Morgan fingerprint density at radius 2 is 1.94 bits per heavy atom. The summed E-state index contributed by atoms with van der Waals surface area (Å²) >= 11 is 0. The van der Waals surface area contributed by atoms with Gasteiger partial charge in [-0.15, -0.1) is 0 Å². The molecule has 3 heterocycles. The van der Waals surface area contributed by atoms with Gasteiger partial charge in [0.25, 0.3) is 0 Å². The lowest BCUT2D eigenvalue weighted by atomic mass is 10.3. The van der Waals surface area contributed by atoms with Gasteiger partial charge in [-0.25, -0.2) is 4.98 Å². The fraction of sp³-hybridized carbons (Fsp3) is 0. The maximum absolute atomic E-state index is 6.03. The Kier molecular flexibility index (Phi) is 1.86. The standard InChI is InChI=1S/C12H10N4/c13-12-11(9-5-1-3-7-14-9)15-10-6-2-4-8-16(10)12/h1-8H,13H2. The molecule has 3 aromatic rings. The Balaban J connectivity index is 2.29. The molecule has 0 aliphatic carbocycles. The highest BCUT2D eigenvalue weighted by atomic mass is 15.1. The molecule has 0 saturated heterocycles. The summed E-state index contributed by atoms with van der Waals surface area (Å²) < 4.78 is 1.85. The molecule has 16 heavy (non-hydrogen) atoms. The number of hydrogen-bond donors (Lipinski definition) is 1. The smallest absolute Gasteiger partial charge is 0.139 e. The van der Waals surface area contributed by atoms with Crippen LogP contribution in [-0.4, -0.2) is 14.4 Å². The highest BCUT2D eigenvalue weighted by Gasteiger charge is 2.10. The van der Waals surface area contributed by atoms with Gasteiger partial charge in [0, 0.05) is 12.4 Å². The van der Waals surface area contributed by atoms with Crippen LogP contribution in [0.1, 0.15) is 0 Å². The Labute approximate surface area is 92.4 Å². The van der Waals surface area contributed by atoms with Gasteiger partial charge in [-0.3, -0.25) is 9.38 Å². The van der Waals surface area contributed by atoms with Crippen LogP contribution in [0.25, 0.3) is 17.0 Å². The van der Waals surface area contributed by atoms with E-state index < -0.39 is 0 Å². The monoisotopic (exact) mass is 210 g/mol. The van der Waals surface area contributed by atoms with Crippen molar-refractivity contribution in [2.24, 2.45) is 0 Å². The zero-order chi connectivity index (χ0) is 11.0. The zero-order valence-electron chi connectivity index (χ0n) is 8.54. The first-order chi connectivity index (χ1) is 7.86. The summed E-state index contributed by atoms with van der Waals surface area (Å²) in [6.07, 6.45) is 3.63. The Morgan fingerprint density at radius 1 is 1.06 bits per heavy atom. The Bertz CT molecular complexity index is 628. The van der Waals surface area contributed by atoms with Crippen LogP contribution in [0.2, 0.25) is 0 Å². The summed E-state index contributed by atoms with van der Waals surface area (Å²) in [5.74, 6) is 0.620. The van der Waals surface area contributed by atoms with E-state index >= 15 is 0 Å². The number of imidazole rings is 1. The van der Waals surface area contributed by atoms with Gasteiger partial charge >= 0.3 is 0 Å². The lowest BCUT2D eigenvalue weighted by Crippen LogP contribution is -1.94. The first-order valence-corrected chi connectivity index (χ1v) is 5.00. The van der Waals surface area contributed by atoms with E-state index in [-0.39, 0.29) is 0 Å². The van der Waals surface area contributed by atoms with E-state index in [4.69, 9.17) is 5.73 Å². The molecular formula is C12H10N4. The average Bonchev–Trinajstić information content (AvgIpc) is 2.69. The molecule has 0 amide bonds. The Hall–Kier alpha value is -2.36. The number of nitrogen functional groups attached to an aromatic ring is 1. The van der Waals surface area contributed by atoms with Crippen LogP contribution in [0.15, 0.2) is 48.8 Å². The SMILES string of the molecule is Nc1c(-c2ccccn2)nc2ccccn12. The van der Waals surface area contributed by atoms with Crippen LogP contribution in [0, 0.1) is 0 Å². The number of anilines is 1. The molecular weight excluding hydrogens is 200 g/mol. The summed E-state index contributed by atoms with van der Waals surface area (Å²) in [6, 6.07) is 11.5. The first kappa shape index (κ1) is 8.91. The quantitative estimate of drug-likeness (QED) is 0.668. The molecule has 0 fully saturated rings. The molecule has 0 spiro atoms. The summed E-state index contributed by atoms with van der Waals surface area (Å²) in [5.41, 5.74) is 8.39. The van der Waals surface area contributed by atoms with Crippen molar-refractivity contribution in [1.29, 1.82) is 0 Å². The summed E-state index contributed by atoms with van der Waals surface area (Å²) in [6.45, 7) is 0. The number of hydrogen-bond acceptors (Lipinski definition) is 3. The van der Waals surface area contributed by atoms with Crippen molar-refractivity contribution in [3.8, 4) is 11.4 Å². The van der Waals surface area contributed by atoms with E-state index in [1.165, 1.54) is 0 Å². The highest BCUT2D eigenvalue weighted by Crippen LogP contribution is 2.23. The van der Waals surface area contributed by atoms with Crippen molar-refractivity contribution in [3.05, 3.63) is 48.8 Å². The van der Waals surface area contributed by atoms with Crippen molar-refractivity contribution in [2.45, 2.75) is 0 Å². The largest absolute Gasteiger partial charge is 0.383 e. The molecule has 0 bridgehead atoms. The molecule has 3 rings (SSSR count). The molecule has 78 valence electrons. The maximum atomic E-state index is 6.03. The molecule has 0 aliphatic rings. The van der Waals surface area contributed by atoms with Gasteiger partial charge in [-0.2, -0.15) is 0 Å². The van der Waals surface area contributed by atoms with Crippen molar-refractivity contribution in [1.82, 2.24) is 14.4 Å². The van der Waals surface area contributed by atoms with Crippen molar-refractivity contribution in [3.63, 3.8) is 0 Å². The maximum Gasteiger partial charge on any atom is 0.139 e. The molecule has 0 atom stereocenters. The van der Waals surface area contributed by atoms with Gasteiger partial charge in [0.2, 0.25) is 0 Å². The number of fused-ring (bicyclic) bond motifs is 1. The first-order valence-electron chi connectivity index (χ1n) is 5.00. The van der Waals surface area contributed by atoms with Crippen molar-refractivity contribution in [2.75, 3.05) is 5.73 Å². The molecule has 0 unspecified atom stereocenters. The van der Waals surface area contributed by atoms with E-state index in [1.807, 2.05) is 47.0 Å². The molecule has 2 N–H and O–H groups in total. The number of nitrogens with two attached hydrogens (primary N) is 1. The van der Waals surface area contributed by atoms with E-state index in [2.05, 4.69) is 9.97 Å². The molecule has 0 aliphatic heterocycles. The van der Waals surface area contributed by atoms with Gasteiger partial charge in [0.05, 0.1) is 5.69 Å². The van der Waals surface area contributed by atoms with E-state index in [0.717, 1.165) is 17.0 Å². The molecule has 3 aromatic heterocycles. The van der Waals surface area contributed by atoms with Crippen LogP contribution in [0.5, 0.6) is 0 Å². The normalized spacial score (nSPS) is 10.8. The lowest BCUT2D eigenvalue weighted by molar-refractivity contribution is 1.20. The third-order valence-electron chi connectivity index (χ3n) is 2.47. The predicted molar refractivity (Wildman–Crippen MR) is 62.8 cm³/mol. The van der Waals surface area contributed by atoms with E-state index in [9.17, 15) is 0 Å². The van der Waals surface area contributed by atoms with Crippen molar-refractivity contribution >= 4 is 11.5 Å². The fourth-order valence-electron chi connectivity index (χ4n) is 1.71. The van der Waals surface area contributed by atoms with Crippen LogP contribution in [-0.2, 0) is 0 Å². The second-order valence-electron chi connectivity index (χ2n) is 3.49. The number of rotatable bonds is 1. The molecule has 0 radical (unpaired) electrons. The van der Waals surface area contributed by atoms with Gasteiger partial charge in [-0.05, 0) is 24.3 Å². The van der Waals surface area contributed by atoms with Crippen LogP contribution < -0.4 is 5.73 Å². The molecule has 0 saturated carbocycles. The van der Waals surface area contributed by atoms with Crippen LogP contribution >= 0.6 is 0 Å². The summed E-state index contributed by atoms with van der Waals surface area (Å²) in [4.78, 5) is 8.71. The summed E-state index contributed by atoms with van der Waals surface area (Å²) in [7, 11) is 0. The van der Waals surface area contributed by atoms with Gasteiger partial charge in [0.1, 0.15) is 17.2 Å². The number of aromatic nitrogens is 3. The van der Waals surface area contributed by atoms with Crippen LogP contribution in [0.3, 0.4) is 0 Å². The molecule has 0 aromatic carbocycles. The minimum Gasteiger partial charge on any atom is -0.383 e. The van der Waals surface area contributed by atoms with Gasteiger partial charge in [-0.1, -0.05) is 12.1 Å². The fourth-order valence-corrected chi connectivity index (χ4v) is 1.71. The highest BCUT2D eigenvalue weighted by molar-refractivity contribution is 5.72. The topological polar surface area (TPSA) is 56.2 Å². The van der Waals surface area contributed by atoms with Gasteiger partial charge < -0.3 is 5.73 Å². The lowest BCUT2D eigenvalue weighted by Gasteiger charge is -1.97. The second kappa shape index (κ2) is 3.34. The molecule has 4 heteroatoms. The molecule has 4 nitrogen and oxygen atoms in total. The number of pyridine rings is 2. The Morgan fingerprint density at radius 3 is 2.69 bits per heavy atom. The summed E-state index contributed by atoms with van der Waals surface area (Å²) in [5, 5.41) is 0. The minimum absolute atomic E-state index is 0.620. The average molecular weight is 210 g/mol. The zero-order valence-corrected chi connectivity index (χ0v) is 8.54. The predicted octanol–water partition coefficient (Wildman–Crippen LogP) is 1.98. The third kappa shape index (κ3) is 1.24.